The number of carbonyl (C=O) groups is 1. The third-order valence-electron chi connectivity index (χ3n) is 4.13. The number of nitrogens with one attached hydrogen (secondary N) is 1. The lowest BCUT2D eigenvalue weighted by atomic mass is 10.1. The summed E-state index contributed by atoms with van der Waals surface area (Å²) in [6.07, 6.45) is 0. The van der Waals surface area contributed by atoms with Gasteiger partial charge in [-0.25, -0.2) is 13.4 Å². The van der Waals surface area contributed by atoms with Gasteiger partial charge in [0.05, 0.1) is 24.8 Å². The van der Waals surface area contributed by atoms with Gasteiger partial charge in [-0.05, 0) is 37.3 Å². The molecule has 3 rings (SSSR count). The molecule has 9 heteroatoms. The summed E-state index contributed by atoms with van der Waals surface area (Å²) in [7, 11) is -0.619. The summed E-state index contributed by atoms with van der Waals surface area (Å²) in [4.78, 5) is 16.8. The third-order valence-corrected chi connectivity index (χ3v) is 6.52. The predicted molar refractivity (Wildman–Crippen MR) is 113 cm³/mol. The Labute approximate surface area is 173 Å². The Bertz CT molecular complexity index is 1120. The molecule has 0 aliphatic heterocycles. The molecule has 0 unspecified atom stereocenters. The fourth-order valence-corrected chi connectivity index (χ4v) is 4.49. The second-order valence-electron chi connectivity index (χ2n) is 6.22. The predicted octanol–water partition coefficient (Wildman–Crippen LogP) is 3.55. The number of sulfone groups is 1. The number of rotatable bonds is 7. The Balaban J connectivity index is 1.75. The van der Waals surface area contributed by atoms with Crippen LogP contribution in [0.1, 0.15) is 5.56 Å². The van der Waals surface area contributed by atoms with Gasteiger partial charge in [0.25, 0.3) is 0 Å². The van der Waals surface area contributed by atoms with Crippen LogP contribution in [0.3, 0.4) is 0 Å². The van der Waals surface area contributed by atoms with Crippen molar-refractivity contribution >= 4 is 32.2 Å². The summed E-state index contributed by atoms with van der Waals surface area (Å²) < 4.78 is 35.4. The lowest BCUT2D eigenvalue weighted by molar-refractivity contribution is -0.113. The zero-order valence-electron chi connectivity index (χ0n) is 16.1. The molecule has 0 atom stereocenters. The molecule has 0 radical (unpaired) electrons. The average Bonchev–Trinajstić information content (AvgIpc) is 3.15. The highest BCUT2D eigenvalue weighted by Crippen LogP contribution is 2.35. The number of hydrogen-bond acceptors (Lipinski definition) is 7. The van der Waals surface area contributed by atoms with Crippen molar-refractivity contribution in [2.24, 2.45) is 0 Å². The van der Waals surface area contributed by atoms with E-state index in [1.165, 1.54) is 23.5 Å². The van der Waals surface area contributed by atoms with Gasteiger partial charge in [0, 0.05) is 10.9 Å². The fourth-order valence-electron chi connectivity index (χ4n) is 2.63. The molecule has 152 valence electrons. The van der Waals surface area contributed by atoms with Gasteiger partial charge >= 0.3 is 0 Å². The number of nitrogens with zero attached hydrogens (tertiary/aromatic N) is 1. The van der Waals surface area contributed by atoms with Crippen LogP contribution in [0.5, 0.6) is 11.5 Å². The van der Waals surface area contributed by atoms with Crippen LogP contribution in [0, 0.1) is 6.92 Å². The highest BCUT2D eigenvalue weighted by Gasteiger charge is 2.20. The van der Waals surface area contributed by atoms with Crippen molar-refractivity contribution < 1.29 is 22.7 Å². The van der Waals surface area contributed by atoms with Gasteiger partial charge in [0.1, 0.15) is 17.3 Å². The average molecular weight is 433 g/mol. The molecule has 2 aromatic carbocycles. The van der Waals surface area contributed by atoms with Crippen molar-refractivity contribution in [1.82, 2.24) is 4.98 Å². The minimum absolute atomic E-state index is 0.110. The molecule has 1 aromatic heterocycles. The number of aromatic nitrogens is 1. The number of anilines is 1. The number of aryl methyl sites for hydroxylation is 1. The molecule has 1 heterocycles. The number of carbonyl (C=O) groups excluding carboxylic acids is 1. The molecule has 0 spiro atoms. The van der Waals surface area contributed by atoms with Crippen molar-refractivity contribution in [3.8, 4) is 22.8 Å². The highest BCUT2D eigenvalue weighted by atomic mass is 32.2. The van der Waals surface area contributed by atoms with Gasteiger partial charge < -0.3 is 14.8 Å². The molecule has 0 aliphatic rings. The van der Waals surface area contributed by atoms with Crippen LogP contribution in [-0.4, -0.2) is 39.3 Å². The van der Waals surface area contributed by atoms with Crippen LogP contribution in [0.4, 0.5) is 5.13 Å². The number of ether oxygens (including phenoxy) is 2. The summed E-state index contributed by atoms with van der Waals surface area (Å²) in [5, 5.41) is 4.60. The molecule has 0 bridgehead atoms. The molecule has 0 saturated carbocycles. The molecule has 7 nitrogen and oxygen atoms in total. The van der Waals surface area contributed by atoms with Crippen molar-refractivity contribution in [1.29, 1.82) is 0 Å². The van der Waals surface area contributed by atoms with Crippen molar-refractivity contribution in [2.45, 2.75) is 11.8 Å². The van der Waals surface area contributed by atoms with E-state index in [0.717, 1.165) is 5.56 Å². The first-order valence-electron chi connectivity index (χ1n) is 8.59. The minimum Gasteiger partial charge on any atom is -0.497 e. The first-order valence-corrected chi connectivity index (χ1v) is 11.1. The zero-order chi connectivity index (χ0) is 21.0. The van der Waals surface area contributed by atoms with Gasteiger partial charge in [-0.1, -0.05) is 17.7 Å². The Hall–Kier alpha value is -2.91. The fraction of sp³-hybridized carbons (Fsp3) is 0.200. The SMILES string of the molecule is COc1ccc(OC)c(-c2csc(NC(=O)CS(=O)(=O)c3ccc(C)cc3)n2)c1. The van der Waals surface area contributed by atoms with E-state index in [0.29, 0.717) is 27.9 Å². The summed E-state index contributed by atoms with van der Waals surface area (Å²) in [6, 6.07) is 11.7. The maximum absolute atomic E-state index is 12.4. The zero-order valence-corrected chi connectivity index (χ0v) is 17.8. The Morgan fingerprint density at radius 2 is 1.83 bits per heavy atom. The molecule has 1 amide bonds. The molecular formula is C20H20N2O5S2. The molecule has 0 aliphatic carbocycles. The van der Waals surface area contributed by atoms with E-state index >= 15 is 0 Å². The maximum atomic E-state index is 12.4. The number of amides is 1. The van der Waals surface area contributed by atoms with E-state index < -0.39 is 21.5 Å². The van der Waals surface area contributed by atoms with Crippen LogP contribution >= 0.6 is 11.3 Å². The van der Waals surface area contributed by atoms with Gasteiger partial charge in [0.15, 0.2) is 15.0 Å². The van der Waals surface area contributed by atoms with Crippen LogP contribution in [0.25, 0.3) is 11.3 Å². The lowest BCUT2D eigenvalue weighted by Gasteiger charge is -2.08. The topological polar surface area (TPSA) is 94.6 Å². The number of thiazole rings is 1. The Morgan fingerprint density at radius 3 is 2.48 bits per heavy atom. The van der Waals surface area contributed by atoms with Crippen molar-refractivity contribution in [2.75, 3.05) is 25.3 Å². The van der Waals surface area contributed by atoms with E-state index in [1.807, 2.05) is 6.92 Å². The van der Waals surface area contributed by atoms with Gasteiger partial charge in [-0.15, -0.1) is 11.3 Å². The maximum Gasteiger partial charge on any atom is 0.241 e. The van der Waals surface area contributed by atoms with E-state index in [9.17, 15) is 13.2 Å². The van der Waals surface area contributed by atoms with Gasteiger partial charge in [0.2, 0.25) is 5.91 Å². The number of benzene rings is 2. The summed E-state index contributed by atoms with van der Waals surface area (Å²) >= 11 is 1.19. The first kappa shape index (κ1) is 20.8. The molecule has 29 heavy (non-hydrogen) atoms. The monoisotopic (exact) mass is 432 g/mol. The Kier molecular flexibility index (Phi) is 6.19. The molecule has 0 fully saturated rings. The van der Waals surface area contributed by atoms with Crippen molar-refractivity contribution in [3.63, 3.8) is 0 Å². The lowest BCUT2D eigenvalue weighted by Crippen LogP contribution is -2.23. The van der Waals surface area contributed by atoms with E-state index in [4.69, 9.17) is 9.47 Å². The normalized spacial score (nSPS) is 11.1. The third kappa shape index (κ3) is 4.93. The van der Waals surface area contributed by atoms with Gasteiger partial charge in [-0.3, -0.25) is 4.79 Å². The summed E-state index contributed by atoms with van der Waals surface area (Å²) in [5.74, 6) is -0.0587. The number of hydrogen-bond donors (Lipinski definition) is 1. The second-order valence-corrected chi connectivity index (χ2v) is 9.07. The first-order chi connectivity index (χ1) is 13.8. The van der Waals surface area contributed by atoms with E-state index in [-0.39, 0.29) is 4.90 Å². The number of methoxy groups -OCH3 is 2. The van der Waals surface area contributed by atoms with Gasteiger partial charge in [-0.2, -0.15) is 0 Å². The molecule has 3 aromatic rings. The second kappa shape index (κ2) is 8.62. The van der Waals surface area contributed by atoms with E-state index in [1.54, 1.807) is 49.9 Å². The largest absolute Gasteiger partial charge is 0.497 e. The molecule has 0 saturated heterocycles. The standard InChI is InChI=1S/C20H20N2O5S2/c1-13-4-7-15(8-5-13)29(24,25)12-19(23)22-20-21-17(11-28-20)16-10-14(26-2)6-9-18(16)27-3/h4-11H,12H2,1-3H3,(H,21,22,23). The van der Waals surface area contributed by atoms with Crippen molar-refractivity contribution in [3.05, 3.63) is 53.4 Å². The Morgan fingerprint density at radius 1 is 1.10 bits per heavy atom. The quantitative estimate of drug-likeness (QED) is 0.614. The molecular weight excluding hydrogens is 412 g/mol. The minimum atomic E-state index is -3.73. The highest BCUT2D eigenvalue weighted by molar-refractivity contribution is 7.92. The van der Waals surface area contributed by atoms with Crippen LogP contribution in [0.2, 0.25) is 0 Å². The van der Waals surface area contributed by atoms with Crippen LogP contribution in [0.15, 0.2) is 52.7 Å². The van der Waals surface area contributed by atoms with Crippen LogP contribution < -0.4 is 14.8 Å². The van der Waals surface area contributed by atoms with E-state index in [2.05, 4.69) is 10.3 Å². The summed E-state index contributed by atoms with van der Waals surface area (Å²) in [6.45, 7) is 1.86. The smallest absolute Gasteiger partial charge is 0.241 e. The van der Waals surface area contributed by atoms with Crippen LogP contribution in [-0.2, 0) is 14.6 Å². The summed E-state index contributed by atoms with van der Waals surface area (Å²) in [5.41, 5.74) is 2.23. The molecule has 1 N–H and O–H groups in total.